The van der Waals surface area contributed by atoms with Crippen molar-refractivity contribution in [3.63, 3.8) is 0 Å². The Hall–Kier alpha value is -2.63. The molecule has 9 nitrogen and oxygen atoms in total. The van der Waals surface area contributed by atoms with E-state index in [0.29, 0.717) is 25.1 Å². The fourth-order valence-electron chi connectivity index (χ4n) is 4.12. The number of ether oxygens (including phenoxy) is 1. The van der Waals surface area contributed by atoms with Crippen molar-refractivity contribution in [1.29, 1.82) is 0 Å². The predicted molar refractivity (Wildman–Crippen MR) is 130 cm³/mol. The minimum atomic E-state index is -0.691. The van der Waals surface area contributed by atoms with Gasteiger partial charge in [-0.25, -0.2) is 9.18 Å². The van der Waals surface area contributed by atoms with Gasteiger partial charge in [0, 0.05) is 36.7 Å². The van der Waals surface area contributed by atoms with Gasteiger partial charge in [0.25, 0.3) is 0 Å². The Morgan fingerprint density at radius 1 is 1.26 bits per heavy atom. The molecule has 0 radical (unpaired) electrons. The SMILES string of the molecule is COC(=O)Cn1nnc(/C=C2/CN(C(C(=O)C3CC3)c3ccccc3F)CCC2SC(C)=O)n1.Cl. The molecule has 0 bridgehead atoms. The molecule has 0 amide bonds. The van der Waals surface area contributed by atoms with Gasteiger partial charge in [-0.2, -0.15) is 4.80 Å². The molecule has 0 N–H and O–H groups in total. The zero-order valence-electron chi connectivity index (χ0n) is 19.4. The van der Waals surface area contributed by atoms with Crippen LogP contribution in [0.25, 0.3) is 6.08 Å². The number of carbonyl (C=O) groups excluding carboxylic acids is 3. The second-order valence-electron chi connectivity index (χ2n) is 8.43. The van der Waals surface area contributed by atoms with Crippen LogP contribution in [0.1, 0.15) is 43.6 Å². The van der Waals surface area contributed by atoms with Crippen LogP contribution in [0, 0.1) is 11.7 Å². The third-order valence-electron chi connectivity index (χ3n) is 5.88. The van der Waals surface area contributed by atoms with E-state index in [2.05, 4.69) is 20.1 Å². The van der Waals surface area contributed by atoms with E-state index in [9.17, 15) is 18.8 Å². The quantitative estimate of drug-likeness (QED) is 0.482. The van der Waals surface area contributed by atoms with Crippen molar-refractivity contribution in [2.75, 3.05) is 20.2 Å². The molecule has 1 aromatic carbocycles. The fraction of sp³-hybridized carbons (Fsp3) is 0.478. The molecule has 2 atom stereocenters. The van der Waals surface area contributed by atoms with Gasteiger partial charge < -0.3 is 4.74 Å². The maximum absolute atomic E-state index is 14.8. The lowest BCUT2D eigenvalue weighted by molar-refractivity contribution is -0.141. The minimum Gasteiger partial charge on any atom is -0.468 e. The Morgan fingerprint density at radius 3 is 2.66 bits per heavy atom. The summed E-state index contributed by atoms with van der Waals surface area (Å²) in [5, 5.41) is 11.9. The number of hydrogen-bond donors (Lipinski definition) is 0. The van der Waals surface area contributed by atoms with Gasteiger partial charge in [-0.1, -0.05) is 30.0 Å². The molecule has 1 aliphatic carbocycles. The summed E-state index contributed by atoms with van der Waals surface area (Å²) in [7, 11) is 1.28. The molecule has 1 aromatic heterocycles. The van der Waals surface area contributed by atoms with E-state index in [-0.39, 0.29) is 46.8 Å². The number of rotatable bonds is 8. The normalized spacial score (nSPS) is 20.2. The molecule has 4 rings (SSSR count). The van der Waals surface area contributed by atoms with Crippen LogP contribution in [0.3, 0.4) is 0 Å². The molecule has 2 aromatic rings. The number of Topliss-reactive ketones (excluding diaryl/α,β-unsaturated/α-hetero) is 1. The highest BCUT2D eigenvalue weighted by Gasteiger charge is 2.41. The van der Waals surface area contributed by atoms with E-state index >= 15 is 0 Å². The fourth-order valence-corrected chi connectivity index (χ4v) is 5.04. The maximum atomic E-state index is 14.8. The first-order valence-electron chi connectivity index (χ1n) is 11.1. The Bertz CT molecular complexity index is 1120. The van der Waals surface area contributed by atoms with Crippen molar-refractivity contribution in [3.05, 3.63) is 47.0 Å². The number of esters is 1. The Balaban J connectivity index is 0.00000342. The number of halogens is 2. The summed E-state index contributed by atoms with van der Waals surface area (Å²) in [6.45, 7) is 2.24. The Morgan fingerprint density at radius 2 is 2.00 bits per heavy atom. The smallest absolute Gasteiger partial charge is 0.329 e. The van der Waals surface area contributed by atoms with Gasteiger partial charge in [-0.15, -0.1) is 22.6 Å². The number of aromatic nitrogens is 4. The van der Waals surface area contributed by atoms with E-state index in [1.807, 2.05) is 4.90 Å². The highest BCUT2D eigenvalue weighted by molar-refractivity contribution is 8.14. The monoisotopic (exact) mass is 523 g/mol. The first kappa shape index (κ1) is 27.0. The molecule has 1 saturated heterocycles. The number of methoxy groups -OCH3 is 1. The third kappa shape index (κ3) is 6.74. The van der Waals surface area contributed by atoms with Gasteiger partial charge in [0.2, 0.25) is 0 Å². The van der Waals surface area contributed by atoms with Crippen molar-refractivity contribution in [1.82, 2.24) is 25.1 Å². The highest BCUT2D eigenvalue weighted by atomic mass is 35.5. The van der Waals surface area contributed by atoms with Crippen LogP contribution in [0.5, 0.6) is 0 Å². The summed E-state index contributed by atoms with van der Waals surface area (Å²) < 4.78 is 19.4. The molecule has 2 fully saturated rings. The molecule has 35 heavy (non-hydrogen) atoms. The van der Waals surface area contributed by atoms with E-state index < -0.39 is 17.8 Å². The largest absolute Gasteiger partial charge is 0.468 e. The van der Waals surface area contributed by atoms with Crippen molar-refractivity contribution < 1.29 is 23.5 Å². The summed E-state index contributed by atoms with van der Waals surface area (Å²) in [4.78, 5) is 39.7. The molecule has 188 valence electrons. The highest BCUT2D eigenvalue weighted by Crippen LogP contribution is 2.40. The van der Waals surface area contributed by atoms with E-state index in [1.54, 1.807) is 24.3 Å². The van der Waals surface area contributed by atoms with Crippen LogP contribution in [0.15, 0.2) is 29.8 Å². The van der Waals surface area contributed by atoms with Gasteiger partial charge >= 0.3 is 5.97 Å². The molecule has 2 unspecified atom stereocenters. The van der Waals surface area contributed by atoms with Crippen LogP contribution in [-0.4, -0.2) is 67.4 Å². The topological polar surface area (TPSA) is 107 Å². The van der Waals surface area contributed by atoms with Crippen LogP contribution in [-0.2, 0) is 25.7 Å². The summed E-state index contributed by atoms with van der Waals surface area (Å²) in [6.07, 6.45) is 4.00. The lowest BCUT2D eigenvalue weighted by atomic mass is 9.93. The van der Waals surface area contributed by atoms with Gasteiger partial charge in [-0.05, 0) is 42.2 Å². The van der Waals surface area contributed by atoms with Crippen molar-refractivity contribution in [2.24, 2.45) is 5.92 Å². The molecule has 12 heteroatoms. The van der Waals surface area contributed by atoms with Crippen LogP contribution in [0.4, 0.5) is 4.39 Å². The van der Waals surface area contributed by atoms with E-state index in [4.69, 9.17) is 0 Å². The zero-order chi connectivity index (χ0) is 24.2. The van der Waals surface area contributed by atoms with Crippen molar-refractivity contribution >= 4 is 47.1 Å². The van der Waals surface area contributed by atoms with Crippen LogP contribution in [0.2, 0.25) is 0 Å². The number of thioether (sulfide) groups is 1. The second kappa shape index (κ2) is 11.9. The standard InChI is InChI=1S/C23H26FN5O4S.ClH/c1-14(30)34-19-9-10-28(12-16(19)11-20-25-27-29(26-20)13-21(31)33-2)22(23(32)15-7-8-15)17-5-3-4-6-18(17)24;/h3-6,11,15,19,22H,7-10,12-13H2,1-2H3;1H/b16-11-;. The molecule has 2 aliphatic rings. The zero-order valence-corrected chi connectivity index (χ0v) is 21.1. The number of tetrazole rings is 1. The van der Waals surface area contributed by atoms with Crippen molar-refractivity contribution in [2.45, 2.75) is 44.0 Å². The summed E-state index contributed by atoms with van der Waals surface area (Å²) >= 11 is 1.21. The number of ketones is 1. The molecule has 2 heterocycles. The molecular formula is C23H27ClFN5O4S. The lowest BCUT2D eigenvalue weighted by Gasteiger charge is -2.38. The Kier molecular flexibility index (Phi) is 9.15. The molecule has 1 aliphatic heterocycles. The van der Waals surface area contributed by atoms with Gasteiger partial charge in [0.15, 0.2) is 23.3 Å². The van der Waals surface area contributed by atoms with Crippen molar-refractivity contribution in [3.8, 4) is 0 Å². The van der Waals surface area contributed by atoms with Gasteiger partial charge in [0.05, 0.1) is 13.2 Å². The molecular weight excluding hydrogens is 497 g/mol. The van der Waals surface area contributed by atoms with Gasteiger partial charge in [-0.3, -0.25) is 14.5 Å². The Labute approximate surface area is 212 Å². The number of piperidine rings is 1. The van der Waals surface area contributed by atoms with Crippen LogP contribution >= 0.6 is 24.2 Å². The first-order valence-corrected chi connectivity index (χ1v) is 12.0. The average molecular weight is 524 g/mol. The number of hydrogen-bond acceptors (Lipinski definition) is 9. The lowest BCUT2D eigenvalue weighted by Crippen LogP contribution is -2.43. The maximum Gasteiger partial charge on any atom is 0.329 e. The van der Waals surface area contributed by atoms with E-state index in [1.165, 1.54) is 31.9 Å². The summed E-state index contributed by atoms with van der Waals surface area (Å²) in [6, 6.07) is 5.70. The predicted octanol–water partition coefficient (Wildman–Crippen LogP) is 2.86. The number of carbonyl (C=O) groups is 3. The average Bonchev–Trinajstić information content (AvgIpc) is 3.57. The van der Waals surface area contributed by atoms with Gasteiger partial charge in [0.1, 0.15) is 5.82 Å². The molecule has 0 spiro atoms. The number of benzene rings is 1. The minimum absolute atomic E-state index is 0. The summed E-state index contributed by atoms with van der Waals surface area (Å²) in [5.41, 5.74) is 1.22. The first-order chi connectivity index (χ1) is 16.4. The molecule has 1 saturated carbocycles. The number of nitrogens with zero attached hydrogens (tertiary/aromatic N) is 5. The second-order valence-corrected chi connectivity index (χ2v) is 9.81. The van der Waals surface area contributed by atoms with Crippen LogP contribution < -0.4 is 0 Å². The summed E-state index contributed by atoms with van der Waals surface area (Å²) in [5.74, 6) is -0.632. The number of likely N-dealkylation sites (tertiary alicyclic amines) is 1. The van der Waals surface area contributed by atoms with E-state index in [0.717, 1.165) is 23.2 Å². The third-order valence-corrected chi connectivity index (χ3v) is 7.04.